The van der Waals surface area contributed by atoms with Crippen LogP contribution in [-0.4, -0.2) is 0 Å². The zero-order valence-electron chi connectivity index (χ0n) is 3.27. The Morgan fingerprint density at radius 3 is 0.875 bits per heavy atom. The fraction of sp³-hybridized carbons (Fsp3) is 0. The summed E-state index contributed by atoms with van der Waals surface area (Å²) in [6.07, 6.45) is 0. The molecule has 0 heterocycles. The number of hydrogen-bond donors (Lipinski definition) is 0. The molecule has 0 radical (unpaired) electrons. The third-order valence-electron chi connectivity index (χ3n) is 0. The highest BCUT2D eigenvalue weighted by atomic mass is 35.5. The summed E-state index contributed by atoms with van der Waals surface area (Å²) < 4.78 is 1.72. The molecular weight excluding hydrogens is 243 g/mol. The molecule has 8 heteroatoms. The van der Waals surface area contributed by atoms with Gasteiger partial charge in [0, 0.05) is 4.70 Å². The Morgan fingerprint density at radius 2 is 0.875 bits per heavy atom. The van der Waals surface area contributed by atoms with Crippen molar-refractivity contribution in [3.8, 4) is 0 Å². The number of hydrogen-bond acceptors (Lipinski definition) is 2. The predicted octanol–water partition coefficient (Wildman–Crippen LogP) is 3.02. The van der Waals surface area contributed by atoms with E-state index in [-0.39, 0.29) is 62.0 Å². The summed E-state index contributed by atoms with van der Waals surface area (Å²) in [5.41, 5.74) is 0. The van der Waals surface area contributed by atoms with Gasteiger partial charge in [-0.3, -0.25) is 0 Å². The number of nitroso groups, excluding NO2 is 1. The second-order valence-electron chi connectivity index (χ2n) is 0.0690. The molecule has 0 aromatic rings. The van der Waals surface area contributed by atoms with E-state index in [0.29, 0.717) is 0 Å². The number of halogens is 6. The van der Waals surface area contributed by atoms with E-state index >= 15 is 0 Å². The largest absolute Gasteiger partial charge is 0.147 e. The van der Waals surface area contributed by atoms with Crippen molar-refractivity contribution in [2.24, 2.45) is 4.70 Å². The minimum Gasteiger partial charge on any atom is -0.147 e. The Balaban J connectivity index is -0.00000000200. The molecular formula is H5Cl6NO. The third kappa shape index (κ3) is 164. The molecule has 0 unspecified atom stereocenters. The maximum absolute atomic E-state index is 8.32. The van der Waals surface area contributed by atoms with Crippen LogP contribution in [0, 0.1) is 4.91 Å². The topological polar surface area (TPSA) is 29.4 Å². The molecule has 58 valence electrons. The van der Waals surface area contributed by atoms with Crippen LogP contribution in [-0.2, 0) is 0 Å². The highest BCUT2D eigenvalue weighted by Crippen LogP contribution is 1.60. The van der Waals surface area contributed by atoms with E-state index in [1.807, 2.05) is 0 Å². The molecule has 0 saturated carbocycles. The fourth-order valence-corrected chi connectivity index (χ4v) is 0. The Labute approximate surface area is 83.2 Å². The molecule has 0 aromatic carbocycles. The number of rotatable bonds is 0. The van der Waals surface area contributed by atoms with E-state index in [4.69, 9.17) is 4.91 Å². The van der Waals surface area contributed by atoms with Crippen molar-refractivity contribution >= 4 is 73.8 Å². The summed E-state index contributed by atoms with van der Waals surface area (Å²) in [6, 6.07) is 0. The molecule has 8 heavy (non-hydrogen) atoms. The maximum atomic E-state index is 8.32. The van der Waals surface area contributed by atoms with E-state index in [1.54, 1.807) is 4.70 Å². The van der Waals surface area contributed by atoms with Gasteiger partial charge in [-0.2, -0.15) is 0 Å². The highest BCUT2D eigenvalue weighted by Gasteiger charge is 1.26. The van der Waals surface area contributed by atoms with E-state index in [9.17, 15) is 0 Å². The normalized spacial score (nSPS) is 1.62. The molecule has 0 amide bonds. The van der Waals surface area contributed by atoms with Crippen LogP contribution < -0.4 is 0 Å². The summed E-state index contributed by atoms with van der Waals surface area (Å²) in [5, 5.41) is 0. The van der Waals surface area contributed by atoms with Gasteiger partial charge in [-0.15, -0.1) is 66.9 Å². The Hall–Kier alpha value is 1.34. The van der Waals surface area contributed by atoms with Crippen LogP contribution >= 0.6 is 73.8 Å². The van der Waals surface area contributed by atoms with Crippen molar-refractivity contribution in [3.63, 3.8) is 0 Å². The van der Waals surface area contributed by atoms with Crippen LogP contribution in [0.3, 0.4) is 0 Å². The zero-order valence-corrected chi connectivity index (χ0v) is 8.11. The summed E-state index contributed by atoms with van der Waals surface area (Å²) in [5.74, 6) is 0. The second kappa shape index (κ2) is 82.1. The Morgan fingerprint density at radius 1 is 0.875 bits per heavy atom. The Bertz CT molecular complexity index is 16.0. The highest BCUT2D eigenvalue weighted by molar-refractivity contribution is 6.14. The minimum absolute atomic E-state index is 0. The predicted molar refractivity (Wildman–Crippen MR) is 47.9 cm³/mol. The van der Waals surface area contributed by atoms with Gasteiger partial charge < -0.3 is 0 Å². The first-order chi connectivity index (χ1) is 1.41. The van der Waals surface area contributed by atoms with Gasteiger partial charge in [-0.25, -0.2) is 0 Å². The van der Waals surface area contributed by atoms with Crippen LogP contribution in [0.4, 0.5) is 0 Å². The van der Waals surface area contributed by atoms with Crippen molar-refractivity contribution in [1.29, 1.82) is 0 Å². The van der Waals surface area contributed by atoms with Gasteiger partial charge in [0.05, 0.1) is 11.8 Å². The van der Waals surface area contributed by atoms with E-state index in [0.717, 1.165) is 0 Å². The maximum Gasteiger partial charge on any atom is 0.0835 e. The summed E-state index contributed by atoms with van der Waals surface area (Å²) in [4.78, 5) is 8.32. The van der Waals surface area contributed by atoms with E-state index < -0.39 is 0 Å². The molecule has 0 aromatic heterocycles. The van der Waals surface area contributed by atoms with E-state index in [1.165, 1.54) is 0 Å². The monoisotopic (exact) mass is 245 g/mol. The van der Waals surface area contributed by atoms with Crippen LogP contribution in [0.2, 0.25) is 0 Å². The quantitative estimate of drug-likeness (QED) is 0.605. The molecule has 0 spiro atoms. The lowest BCUT2D eigenvalue weighted by Gasteiger charge is -1.20. The first kappa shape index (κ1) is 58.2. The second-order valence-corrected chi connectivity index (χ2v) is 0.207. The average Bonchev–Trinajstić information content (AvgIpc) is 0.918. The first-order valence-electron chi connectivity index (χ1n) is 0.352. The summed E-state index contributed by atoms with van der Waals surface area (Å²) >= 11 is 4.07. The lowest BCUT2D eigenvalue weighted by Crippen LogP contribution is -0.941. The average molecular weight is 248 g/mol. The molecule has 0 N–H and O–H groups in total. The Kier molecular flexibility index (Phi) is 597. The molecule has 0 saturated heterocycles. The van der Waals surface area contributed by atoms with Crippen molar-refractivity contribution < 1.29 is 0 Å². The molecule has 0 atom stereocenters. The molecule has 0 aliphatic heterocycles. The van der Waals surface area contributed by atoms with Crippen LogP contribution in [0.1, 0.15) is 0 Å². The fourth-order valence-electron chi connectivity index (χ4n) is 0. The van der Waals surface area contributed by atoms with Gasteiger partial charge in [0.1, 0.15) is 0 Å². The number of nitrogens with zero attached hydrogens (tertiary/aromatic N) is 1. The van der Waals surface area contributed by atoms with Gasteiger partial charge in [0.15, 0.2) is 0 Å². The van der Waals surface area contributed by atoms with Gasteiger partial charge in [0.2, 0.25) is 0 Å². The van der Waals surface area contributed by atoms with Crippen LogP contribution in [0.25, 0.3) is 0 Å². The summed E-state index contributed by atoms with van der Waals surface area (Å²) in [6.45, 7) is 0. The standard InChI is InChI=1S/ClNO.5ClH/c1-2-3;;;;;/h;5*1H. The first-order valence-corrected chi connectivity index (χ1v) is 0.690. The van der Waals surface area contributed by atoms with Crippen molar-refractivity contribution in [3.05, 3.63) is 4.91 Å². The molecule has 0 aliphatic carbocycles. The van der Waals surface area contributed by atoms with Crippen LogP contribution in [0.15, 0.2) is 4.70 Å². The van der Waals surface area contributed by atoms with Gasteiger partial charge in [-0.05, 0) is 0 Å². The molecule has 0 fully saturated rings. The van der Waals surface area contributed by atoms with Crippen LogP contribution in [0.5, 0.6) is 0 Å². The zero-order chi connectivity index (χ0) is 2.71. The van der Waals surface area contributed by atoms with Crippen molar-refractivity contribution in [1.82, 2.24) is 0 Å². The SMILES string of the molecule is Cl.Cl.Cl.Cl.Cl.O=NCl. The third-order valence-corrected chi connectivity index (χ3v) is 0. The van der Waals surface area contributed by atoms with Gasteiger partial charge in [0.25, 0.3) is 0 Å². The lowest BCUT2D eigenvalue weighted by molar-refractivity contribution is 1.85. The lowest BCUT2D eigenvalue weighted by atomic mass is 13.7. The molecule has 2 nitrogen and oxygen atoms in total. The van der Waals surface area contributed by atoms with Crippen molar-refractivity contribution in [2.75, 3.05) is 0 Å². The molecule has 0 rings (SSSR count). The smallest absolute Gasteiger partial charge is 0.0835 e. The molecule has 0 bridgehead atoms. The van der Waals surface area contributed by atoms with Gasteiger partial charge >= 0.3 is 0 Å². The minimum atomic E-state index is 0. The molecule has 0 aliphatic rings. The van der Waals surface area contributed by atoms with Crippen molar-refractivity contribution in [2.45, 2.75) is 0 Å². The van der Waals surface area contributed by atoms with Gasteiger partial charge in [-0.1, -0.05) is 0 Å². The van der Waals surface area contributed by atoms with E-state index in [2.05, 4.69) is 11.8 Å². The summed E-state index contributed by atoms with van der Waals surface area (Å²) in [7, 11) is 0.